The van der Waals surface area contributed by atoms with Gasteiger partial charge in [-0.1, -0.05) is 26.8 Å². The topological polar surface area (TPSA) is 87.9 Å². The van der Waals surface area contributed by atoms with E-state index in [-0.39, 0.29) is 30.4 Å². The number of amides is 3. The molecule has 0 unspecified atom stereocenters. The molecular weight excluding hydrogens is 360 g/mol. The highest BCUT2D eigenvalue weighted by Gasteiger charge is 2.30. The van der Waals surface area contributed by atoms with Crippen LogP contribution < -0.4 is 5.32 Å². The van der Waals surface area contributed by atoms with Gasteiger partial charge in [-0.25, -0.2) is 9.78 Å². The number of morpholine rings is 1. The third kappa shape index (κ3) is 4.44. The normalized spacial score (nSPS) is 17.6. The Kier molecular flexibility index (Phi) is 5.60. The van der Waals surface area contributed by atoms with E-state index >= 15 is 0 Å². The maximum Gasteiger partial charge on any atom is 0.318 e. The zero-order valence-electron chi connectivity index (χ0n) is 17.1. The number of likely N-dealkylation sites (N-methyl/N-ethyl adjacent to an activating group) is 1. The quantitative estimate of drug-likeness (QED) is 0.870. The minimum atomic E-state index is -0.630. The van der Waals surface area contributed by atoms with Crippen LogP contribution in [-0.2, 0) is 21.5 Å². The number of carbonyl (C=O) groups excluding carboxylic acids is 2. The summed E-state index contributed by atoms with van der Waals surface area (Å²) >= 11 is 0. The number of rotatable bonds is 3. The van der Waals surface area contributed by atoms with Gasteiger partial charge in [0.25, 0.3) is 5.91 Å². The van der Waals surface area contributed by atoms with Crippen molar-refractivity contribution < 1.29 is 18.7 Å². The molecule has 0 spiro atoms. The number of aromatic nitrogens is 1. The number of carbonyl (C=O) groups is 2. The van der Waals surface area contributed by atoms with Crippen LogP contribution in [0.3, 0.4) is 0 Å². The number of benzene rings is 1. The van der Waals surface area contributed by atoms with Crippen LogP contribution in [0.2, 0.25) is 0 Å². The molecule has 1 fully saturated rings. The molecule has 0 aliphatic carbocycles. The highest BCUT2D eigenvalue weighted by atomic mass is 16.5. The van der Waals surface area contributed by atoms with Crippen LogP contribution >= 0.6 is 0 Å². The molecule has 1 aromatic heterocycles. The van der Waals surface area contributed by atoms with Crippen molar-refractivity contribution >= 4 is 23.0 Å². The number of fused-ring (bicyclic) bond motifs is 1. The molecule has 28 heavy (non-hydrogen) atoms. The summed E-state index contributed by atoms with van der Waals surface area (Å²) in [7, 11) is 3.34. The lowest BCUT2D eigenvalue weighted by molar-refractivity contribution is -0.145. The largest absolute Gasteiger partial charge is 0.439 e. The molecule has 0 radical (unpaired) electrons. The van der Waals surface area contributed by atoms with Crippen molar-refractivity contribution in [3.8, 4) is 0 Å². The second-order valence-electron chi connectivity index (χ2n) is 8.24. The Hall–Kier alpha value is -2.61. The van der Waals surface area contributed by atoms with Gasteiger partial charge in [-0.3, -0.25) is 4.79 Å². The number of ether oxygens (including phenoxy) is 1. The molecule has 1 aromatic carbocycles. The number of nitrogens with one attached hydrogen (secondary N) is 1. The van der Waals surface area contributed by atoms with Crippen molar-refractivity contribution in [2.75, 3.05) is 33.8 Å². The first-order valence-electron chi connectivity index (χ1n) is 9.40. The van der Waals surface area contributed by atoms with E-state index in [1.54, 1.807) is 19.0 Å². The van der Waals surface area contributed by atoms with E-state index < -0.39 is 6.10 Å². The summed E-state index contributed by atoms with van der Waals surface area (Å²) in [6.45, 7) is 7.61. The van der Waals surface area contributed by atoms with Gasteiger partial charge < -0.3 is 24.3 Å². The molecule has 152 valence electrons. The number of urea groups is 1. The smallest absolute Gasteiger partial charge is 0.318 e. The fourth-order valence-electron chi connectivity index (χ4n) is 3.05. The van der Waals surface area contributed by atoms with Gasteiger partial charge in [0.2, 0.25) is 5.89 Å². The first-order valence-corrected chi connectivity index (χ1v) is 9.40. The van der Waals surface area contributed by atoms with Crippen LogP contribution in [-0.4, -0.2) is 66.6 Å². The average Bonchev–Trinajstić information content (AvgIpc) is 3.07. The van der Waals surface area contributed by atoms with Crippen molar-refractivity contribution in [3.05, 3.63) is 29.7 Å². The molecule has 3 amide bonds. The highest BCUT2D eigenvalue weighted by molar-refractivity contribution is 5.82. The molecule has 1 aliphatic rings. The fraction of sp³-hybridized carbons (Fsp3) is 0.550. The molecule has 1 aliphatic heterocycles. The van der Waals surface area contributed by atoms with Crippen LogP contribution in [0.25, 0.3) is 11.1 Å². The van der Waals surface area contributed by atoms with Crippen LogP contribution in [0, 0.1) is 0 Å². The fourth-order valence-corrected chi connectivity index (χ4v) is 3.05. The Labute approximate surface area is 164 Å². The van der Waals surface area contributed by atoms with Crippen molar-refractivity contribution in [2.24, 2.45) is 0 Å². The van der Waals surface area contributed by atoms with Gasteiger partial charge in [-0.15, -0.1) is 0 Å². The van der Waals surface area contributed by atoms with E-state index in [0.29, 0.717) is 24.6 Å². The van der Waals surface area contributed by atoms with Crippen LogP contribution in [0.4, 0.5) is 4.79 Å². The Bertz CT molecular complexity index is 869. The molecule has 2 aromatic rings. The van der Waals surface area contributed by atoms with Crippen molar-refractivity contribution in [1.29, 1.82) is 0 Å². The van der Waals surface area contributed by atoms with Gasteiger partial charge in [0.05, 0.1) is 19.7 Å². The van der Waals surface area contributed by atoms with Gasteiger partial charge in [0.1, 0.15) is 5.52 Å². The summed E-state index contributed by atoms with van der Waals surface area (Å²) in [4.78, 5) is 32.1. The molecule has 0 bridgehead atoms. The Morgan fingerprint density at radius 1 is 1.32 bits per heavy atom. The monoisotopic (exact) mass is 388 g/mol. The SMILES string of the molecule is CN(C)C(=O)[C@@H]1CN(C(=O)NCc2nc3cc(C(C)(C)C)ccc3o2)CCO1. The van der Waals surface area contributed by atoms with Crippen LogP contribution in [0.15, 0.2) is 22.6 Å². The average molecular weight is 388 g/mol. The molecule has 1 atom stereocenters. The summed E-state index contributed by atoms with van der Waals surface area (Å²) in [6, 6.07) is 5.69. The van der Waals surface area contributed by atoms with Crippen molar-refractivity contribution in [1.82, 2.24) is 20.1 Å². The predicted molar refractivity (Wildman–Crippen MR) is 105 cm³/mol. The van der Waals surface area contributed by atoms with Gasteiger partial charge >= 0.3 is 6.03 Å². The first kappa shape index (κ1) is 20.1. The molecule has 2 heterocycles. The standard InChI is InChI=1S/C20H28N4O4/c1-20(2,3)13-6-7-15-14(10-13)22-17(28-15)11-21-19(26)24-8-9-27-16(12-24)18(25)23(4)5/h6-7,10,16H,8-9,11-12H2,1-5H3,(H,21,26)/t16-/m0/s1. The first-order chi connectivity index (χ1) is 13.1. The molecule has 3 rings (SSSR count). The minimum absolute atomic E-state index is 0.0262. The number of hydrogen-bond acceptors (Lipinski definition) is 5. The number of oxazole rings is 1. The third-order valence-corrected chi connectivity index (χ3v) is 4.76. The molecule has 8 nitrogen and oxygen atoms in total. The lowest BCUT2D eigenvalue weighted by Crippen LogP contribution is -2.53. The highest BCUT2D eigenvalue weighted by Crippen LogP contribution is 2.26. The van der Waals surface area contributed by atoms with Crippen LogP contribution in [0.1, 0.15) is 32.2 Å². The van der Waals surface area contributed by atoms with Crippen LogP contribution in [0.5, 0.6) is 0 Å². The van der Waals surface area contributed by atoms with Crippen molar-refractivity contribution in [2.45, 2.75) is 38.8 Å². The summed E-state index contributed by atoms with van der Waals surface area (Å²) in [5.41, 5.74) is 2.67. The lowest BCUT2D eigenvalue weighted by atomic mass is 9.87. The third-order valence-electron chi connectivity index (χ3n) is 4.76. The van der Waals surface area contributed by atoms with Gasteiger partial charge in [-0.05, 0) is 23.1 Å². The summed E-state index contributed by atoms with van der Waals surface area (Å²) < 4.78 is 11.2. The van der Waals surface area contributed by atoms with Gasteiger partial charge in [0, 0.05) is 20.6 Å². The summed E-state index contributed by atoms with van der Waals surface area (Å²) in [5, 5.41) is 2.81. The maximum atomic E-state index is 12.5. The van der Waals surface area contributed by atoms with Crippen molar-refractivity contribution in [3.63, 3.8) is 0 Å². The van der Waals surface area contributed by atoms with E-state index in [9.17, 15) is 9.59 Å². The molecule has 8 heteroatoms. The molecule has 0 saturated carbocycles. The Morgan fingerprint density at radius 3 is 2.75 bits per heavy atom. The Morgan fingerprint density at radius 2 is 2.07 bits per heavy atom. The summed E-state index contributed by atoms with van der Waals surface area (Å²) in [5.74, 6) is 0.301. The lowest BCUT2D eigenvalue weighted by Gasteiger charge is -2.33. The Balaban J connectivity index is 1.62. The van der Waals surface area contributed by atoms with Gasteiger partial charge in [-0.2, -0.15) is 0 Å². The number of hydrogen-bond donors (Lipinski definition) is 1. The zero-order valence-corrected chi connectivity index (χ0v) is 17.1. The summed E-state index contributed by atoms with van der Waals surface area (Å²) in [6.07, 6.45) is -0.630. The minimum Gasteiger partial charge on any atom is -0.439 e. The zero-order chi connectivity index (χ0) is 20.5. The van der Waals surface area contributed by atoms with E-state index in [1.165, 1.54) is 10.5 Å². The van der Waals surface area contributed by atoms with Gasteiger partial charge in [0.15, 0.2) is 11.7 Å². The molecule has 1 N–H and O–H groups in total. The molecule has 1 saturated heterocycles. The van der Waals surface area contributed by atoms with E-state index in [2.05, 4.69) is 31.1 Å². The second-order valence-corrected chi connectivity index (χ2v) is 8.24. The maximum absolute atomic E-state index is 12.5. The van der Waals surface area contributed by atoms with E-state index in [4.69, 9.17) is 9.15 Å². The van der Waals surface area contributed by atoms with E-state index in [1.807, 2.05) is 18.2 Å². The predicted octanol–water partition coefficient (Wildman–Crippen LogP) is 2.12. The van der Waals surface area contributed by atoms with E-state index in [0.717, 1.165) is 5.52 Å². The number of nitrogens with zero attached hydrogens (tertiary/aromatic N) is 3. The second kappa shape index (κ2) is 7.79. The molecular formula is C20H28N4O4.